The van der Waals surface area contributed by atoms with Crippen molar-refractivity contribution in [2.75, 3.05) is 34.1 Å². The maximum atomic E-state index is 12.2. The summed E-state index contributed by atoms with van der Waals surface area (Å²) in [5.74, 6) is 2.10. The first-order valence-electron chi connectivity index (χ1n) is 9.26. The standard InChI is InChI=1S/C21H24N2O6/c1-26-16-5-3-14(11-18(16)27-2)7-9-22-20(24)8-10-23-21(25)15-4-6-17-19(12-15)29-13-28-17/h3-6,11-12H,7-10,13H2,1-2H3,(H,22,24)(H,23,25). The van der Waals surface area contributed by atoms with Crippen molar-refractivity contribution in [1.29, 1.82) is 0 Å². The summed E-state index contributed by atoms with van der Waals surface area (Å²) < 4.78 is 21.0. The van der Waals surface area contributed by atoms with Gasteiger partial charge in [-0.15, -0.1) is 0 Å². The van der Waals surface area contributed by atoms with Gasteiger partial charge in [-0.05, 0) is 42.3 Å². The number of benzene rings is 2. The van der Waals surface area contributed by atoms with Gasteiger partial charge >= 0.3 is 0 Å². The molecule has 0 unspecified atom stereocenters. The molecule has 1 aliphatic rings. The van der Waals surface area contributed by atoms with E-state index in [0.29, 0.717) is 41.5 Å². The summed E-state index contributed by atoms with van der Waals surface area (Å²) >= 11 is 0. The fourth-order valence-corrected chi connectivity index (χ4v) is 2.90. The first-order valence-corrected chi connectivity index (χ1v) is 9.26. The van der Waals surface area contributed by atoms with Gasteiger partial charge < -0.3 is 29.6 Å². The van der Waals surface area contributed by atoms with E-state index < -0.39 is 0 Å². The van der Waals surface area contributed by atoms with Crippen LogP contribution in [-0.4, -0.2) is 45.9 Å². The van der Waals surface area contributed by atoms with Gasteiger partial charge in [-0.25, -0.2) is 0 Å². The van der Waals surface area contributed by atoms with Crippen LogP contribution < -0.4 is 29.6 Å². The Balaban J connectivity index is 1.37. The number of amides is 2. The summed E-state index contributed by atoms with van der Waals surface area (Å²) in [5, 5.41) is 5.58. The van der Waals surface area contributed by atoms with Crippen LogP contribution >= 0.6 is 0 Å². The molecule has 3 rings (SSSR count). The van der Waals surface area contributed by atoms with Crippen LogP contribution in [0.25, 0.3) is 0 Å². The number of nitrogens with one attached hydrogen (secondary N) is 2. The van der Waals surface area contributed by atoms with Crippen molar-refractivity contribution in [3.63, 3.8) is 0 Å². The highest BCUT2D eigenvalue weighted by Gasteiger charge is 2.16. The van der Waals surface area contributed by atoms with Crippen molar-refractivity contribution in [3.8, 4) is 23.0 Å². The molecule has 2 aromatic carbocycles. The van der Waals surface area contributed by atoms with Crippen LogP contribution in [0.4, 0.5) is 0 Å². The first kappa shape index (κ1) is 20.3. The molecular weight excluding hydrogens is 376 g/mol. The minimum absolute atomic E-state index is 0.128. The molecule has 0 saturated carbocycles. The zero-order valence-corrected chi connectivity index (χ0v) is 16.4. The highest BCUT2D eigenvalue weighted by atomic mass is 16.7. The molecular formula is C21H24N2O6. The fraction of sp³-hybridized carbons (Fsp3) is 0.333. The van der Waals surface area contributed by atoms with E-state index in [4.69, 9.17) is 18.9 Å². The van der Waals surface area contributed by atoms with E-state index in [-0.39, 0.29) is 31.6 Å². The summed E-state index contributed by atoms with van der Waals surface area (Å²) in [4.78, 5) is 24.2. The molecule has 29 heavy (non-hydrogen) atoms. The quantitative estimate of drug-likeness (QED) is 0.668. The molecule has 1 aliphatic heterocycles. The second-order valence-electron chi connectivity index (χ2n) is 6.36. The second kappa shape index (κ2) is 9.68. The summed E-state index contributed by atoms with van der Waals surface area (Å²) in [5.41, 5.74) is 1.49. The van der Waals surface area contributed by atoms with Gasteiger partial charge in [0.15, 0.2) is 23.0 Å². The van der Waals surface area contributed by atoms with Gasteiger partial charge in [0.2, 0.25) is 12.7 Å². The summed E-state index contributed by atoms with van der Waals surface area (Å²) in [6.07, 6.45) is 0.859. The van der Waals surface area contributed by atoms with Crippen molar-refractivity contribution in [3.05, 3.63) is 47.5 Å². The van der Waals surface area contributed by atoms with E-state index in [1.54, 1.807) is 32.4 Å². The van der Waals surface area contributed by atoms with Crippen molar-refractivity contribution < 1.29 is 28.5 Å². The molecule has 0 fully saturated rings. The SMILES string of the molecule is COc1ccc(CCNC(=O)CCNC(=O)c2ccc3c(c2)OCO3)cc1OC. The van der Waals surface area contributed by atoms with Crippen molar-refractivity contribution in [1.82, 2.24) is 10.6 Å². The summed E-state index contributed by atoms with van der Waals surface area (Å²) in [6.45, 7) is 0.893. The van der Waals surface area contributed by atoms with Gasteiger partial charge in [-0.3, -0.25) is 9.59 Å². The van der Waals surface area contributed by atoms with E-state index in [1.165, 1.54) is 0 Å². The Morgan fingerprint density at radius 2 is 1.72 bits per heavy atom. The normalized spacial score (nSPS) is 11.7. The Hall–Kier alpha value is -3.42. The van der Waals surface area contributed by atoms with Crippen molar-refractivity contribution >= 4 is 11.8 Å². The molecule has 8 heteroatoms. The molecule has 1 heterocycles. The van der Waals surface area contributed by atoms with Crippen molar-refractivity contribution in [2.45, 2.75) is 12.8 Å². The van der Waals surface area contributed by atoms with E-state index in [2.05, 4.69) is 10.6 Å². The molecule has 2 aromatic rings. The molecule has 0 saturated heterocycles. The Labute approximate surface area is 169 Å². The highest BCUT2D eigenvalue weighted by Crippen LogP contribution is 2.32. The monoisotopic (exact) mass is 400 g/mol. The average Bonchev–Trinajstić information content (AvgIpc) is 3.21. The van der Waals surface area contributed by atoms with Crippen LogP contribution in [0.1, 0.15) is 22.3 Å². The lowest BCUT2D eigenvalue weighted by atomic mass is 10.1. The third-order valence-electron chi connectivity index (χ3n) is 4.46. The minimum Gasteiger partial charge on any atom is -0.493 e. The van der Waals surface area contributed by atoms with Crippen LogP contribution in [0.3, 0.4) is 0 Å². The Morgan fingerprint density at radius 1 is 0.931 bits per heavy atom. The molecule has 0 spiro atoms. The van der Waals surface area contributed by atoms with Crippen molar-refractivity contribution in [2.24, 2.45) is 0 Å². The molecule has 2 N–H and O–H groups in total. The number of carbonyl (C=O) groups excluding carboxylic acids is 2. The number of ether oxygens (including phenoxy) is 4. The van der Waals surface area contributed by atoms with Gasteiger partial charge in [0.1, 0.15) is 0 Å². The molecule has 0 bridgehead atoms. The van der Waals surface area contributed by atoms with Gasteiger partial charge in [0.05, 0.1) is 14.2 Å². The molecule has 0 radical (unpaired) electrons. The van der Waals surface area contributed by atoms with E-state index >= 15 is 0 Å². The molecule has 0 aromatic heterocycles. The number of hydrogen-bond donors (Lipinski definition) is 2. The third kappa shape index (κ3) is 5.31. The zero-order chi connectivity index (χ0) is 20.6. The van der Waals surface area contributed by atoms with Gasteiger partial charge in [0, 0.05) is 25.1 Å². The number of methoxy groups -OCH3 is 2. The Morgan fingerprint density at radius 3 is 2.52 bits per heavy atom. The predicted octanol–water partition coefficient (Wildman–Crippen LogP) is 1.91. The maximum Gasteiger partial charge on any atom is 0.251 e. The summed E-state index contributed by atoms with van der Waals surface area (Å²) in [6, 6.07) is 10.6. The molecule has 2 amide bonds. The Bertz CT molecular complexity index is 883. The zero-order valence-electron chi connectivity index (χ0n) is 16.4. The van der Waals surface area contributed by atoms with E-state index in [0.717, 1.165) is 5.56 Å². The van der Waals surface area contributed by atoms with Crippen LogP contribution in [0.5, 0.6) is 23.0 Å². The molecule has 0 aliphatic carbocycles. The lowest BCUT2D eigenvalue weighted by Crippen LogP contribution is -2.31. The topological polar surface area (TPSA) is 95.1 Å². The number of hydrogen-bond acceptors (Lipinski definition) is 6. The third-order valence-corrected chi connectivity index (χ3v) is 4.46. The number of rotatable bonds is 9. The number of fused-ring (bicyclic) bond motifs is 1. The van der Waals surface area contributed by atoms with Gasteiger partial charge in [0.25, 0.3) is 5.91 Å². The maximum absolute atomic E-state index is 12.2. The van der Waals surface area contributed by atoms with E-state index in [1.807, 2.05) is 18.2 Å². The number of carbonyl (C=O) groups is 2. The molecule has 0 atom stereocenters. The van der Waals surface area contributed by atoms with Gasteiger partial charge in [-0.2, -0.15) is 0 Å². The minimum atomic E-state index is -0.263. The average molecular weight is 400 g/mol. The van der Waals surface area contributed by atoms with Crippen LogP contribution in [0.15, 0.2) is 36.4 Å². The fourth-order valence-electron chi connectivity index (χ4n) is 2.90. The van der Waals surface area contributed by atoms with Crippen LogP contribution in [-0.2, 0) is 11.2 Å². The predicted molar refractivity (Wildman–Crippen MR) is 106 cm³/mol. The molecule has 8 nitrogen and oxygen atoms in total. The summed E-state index contributed by atoms with van der Waals surface area (Å²) in [7, 11) is 3.17. The van der Waals surface area contributed by atoms with Crippen LogP contribution in [0, 0.1) is 0 Å². The smallest absolute Gasteiger partial charge is 0.251 e. The Kier molecular flexibility index (Phi) is 6.78. The van der Waals surface area contributed by atoms with Crippen LogP contribution in [0.2, 0.25) is 0 Å². The van der Waals surface area contributed by atoms with E-state index in [9.17, 15) is 9.59 Å². The first-order chi connectivity index (χ1) is 14.1. The second-order valence-corrected chi connectivity index (χ2v) is 6.36. The molecule has 154 valence electrons. The van der Waals surface area contributed by atoms with Gasteiger partial charge in [-0.1, -0.05) is 6.07 Å². The highest BCUT2D eigenvalue weighted by molar-refractivity contribution is 5.95. The largest absolute Gasteiger partial charge is 0.493 e. The lowest BCUT2D eigenvalue weighted by Gasteiger charge is -2.10. The lowest BCUT2D eigenvalue weighted by molar-refractivity contribution is -0.120.